The Labute approximate surface area is 232 Å². The Morgan fingerprint density at radius 2 is 1.79 bits per heavy atom. The van der Waals surface area contributed by atoms with Crippen molar-refractivity contribution in [2.45, 2.75) is 76.8 Å². The average molecular weight is 533 g/mol. The van der Waals surface area contributed by atoms with Crippen LogP contribution in [-0.2, 0) is 6.42 Å². The van der Waals surface area contributed by atoms with E-state index < -0.39 is 0 Å². The summed E-state index contributed by atoms with van der Waals surface area (Å²) in [5.74, 6) is 3.30. The van der Waals surface area contributed by atoms with Gasteiger partial charge in [-0.15, -0.1) is 0 Å². The number of benzene rings is 1. The van der Waals surface area contributed by atoms with Crippen LogP contribution >= 0.6 is 0 Å². The molecule has 0 unspecified atom stereocenters. The normalized spacial score (nSPS) is 19.1. The number of ether oxygens (including phenoxy) is 2. The van der Waals surface area contributed by atoms with Crippen LogP contribution in [0.25, 0.3) is 22.4 Å². The lowest BCUT2D eigenvalue weighted by Gasteiger charge is -2.33. The predicted molar refractivity (Wildman–Crippen MR) is 157 cm³/mol. The largest absolute Gasteiger partial charge is 0.493 e. The smallest absolute Gasteiger partial charge is 0.163 e. The molecule has 0 spiro atoms. The summed E-state index contributed by atoms with van der Waals surface area (Å²) in [6, 6.07) is 11.6. The molecule has 2 aliphatic heterocycles. The van der Waals surface area contributed by atoms with Crippen LogP contribution in [0.15, 0.2) is 34.7 Å². The molecule has 1 aliphatic carbocycles. The minimum Gasteiger partial charge on any atom is -0.493 e. The average Bonchev–Trinajstić information content (AvgIpc) is 3.46. The highest BCUT2D eigenvalue weighted by molar-refractivity contribution is 5.95. The third kappa shape index (κ3) is 6.36. The van der Waals surface area contributed by atoms with Crippen molar-refractivity contribution in [3.05, 3.63) is 36.1 Å². The van der Waals surface area contributed by atoms with E-state index in [1.807, 2.05) is 18.2 Å². The molecule has 6 rings (SSSR count). The Morgan fingerprint density at radius 1 is 0.974 bits per heavy atom. The molecular formula is C32H44N4O3. The number of methoxy groups -OCH3 is 1. The van der Waals surface area contributed by atoms with Crippen LogP contribution in [-0.4, -0.2) is 73.3 Å². The molecule has 2 saturated heterocycles. The number of piperidine rings is 1. The molecule has 1 saturated carbocycles. The highest BCUT2D eigenvalue weighted by atomic mass is 16.5. The van der Waals surface area contributed by atoms with E-state index in [0.29, 0.717) is 12.6 Å². The number of unbranched alkanes of at least 4 members (excludes halogenated alkanes) is 1. The second kappa shape index (κ2) is 12.2. The number of likely N-dealkylation sites (tertiary alicyclic amines) is 2. The Morgan fingerprint density at radius 3 is 2.51 bits per heavy atom. The quantitative estimate of drug-likeness (QED) is 0.272. The Hall–Kier alpha value is -2.77. The van der Waals surface area contributed by atoms with Crippen molar-refractivity contribution in [2.24, 2.45) is 0 Å². The Balaban J connectivity index is 1.23. The second-order valence-electron chi connectivity index (χ2n) is 11.5. The number of hydrogen-bond donors (Lipinski definition) is 1. The van der Waals surface area contributed by atoms with Crippen molar-refractivity contribution in [1.29, 1.82) is 0 Å². The van der Waals surface area contributed by atoms with Crippen molar-refractivity contribution in [3.8, 4) is 23.0 Å². The lowest BCUT2D eigenvalue weighted by molar-refractivity contribution is 0.210. The summed E-state index contributed by atoms with van der Waals surface area (Å²) in [5.41, 5.74) is 2.83. The number of pyridine rings is 1. The first-order valence-electron chi connectivity index (χ1n) is 15.2. The van der Waals surface area contributed by atoms with Crippen LogP contribution in [0.4, 0.5) is 5.69 Å². The van der Waals surface area contributed by atoms with Gasteiger partial charge in [0.15, 0.2) is 17.3 Å². The summed E-state index contributed by atoms with van der Waals surface area (Å²) >= 11 is 0. The summed E-state index contributed by atoms with van der Waals surface area (Å²) in [6.07, 6.45) is 10.8. The standard InChI is InChI=1S/C32H44N4O3/c1-3-25-10-11-30(39-25)29-21-27(33-23-12-17-36(18-13-23)24-8-9-24)26-20-31(37-2)32(22-28(26)34-29)38-19-7-6-16-35-14-4-5-15-35/h10-11,20-24H,3-9,12-19H2,1-2H3,(H,33,34). The van der Waals surface area contributed by atoms with Crippen molar-refractivity contribution in [2.75, 3.05) is 51.8 Å². The molecule has 7 nitrogen and oxygen atoms in total. The Bertz CT molecular complexity index is 1240. The number of furan rings is 1. The highest BCUT2D eigenvalue weighted by Gasteiger charge is 2.32. The van der Waals surface area contributed by atoms with Gasteiger partial charge in [-0.1, -0.05) is 6.92 Å². The zero-order chi connectivity index (χ0) is 26.6. The predicted octanol–water partition coefficient (Wildman–Crippen LogP) is 6.36. The lowest BCUT2D eigenvalue weighted by atomic mass is 10.0. The van der Waals surface area contributed by atoms with Gasteiger partial charge in [-0.05, 0) is 95.3 Å². The molecule has 210 valence electrons. The van der Waals surface area contributed by atoms with Crippen molar-refractivity contribution < 1.29 is 13.9 Å². The monoisotopic (exact) mass is 532 g/mol. The molecule has 0 radical (unpaired) electrons. The molecule has 0 bridgehead atoms. The van der Waals surface area contributed by atoms with E-state index in [2.05, 4.69) is 34.2 Å². The number of fused-ring (bicyclic) bond motifs is 1. The van der Waals surface area contributed by atoms with Gasteiger partial charge in [0, 0.05) is 48.7 Å². The maximum atomic E-state index is 6.27. The fourth-order valence-electron chi connectivity index (χ4n) is 6.15. The number of nitrogens with zero attached hydrogens (tertiary/aromatic N) is 3. The maximum Gasteiger partial charge on any atom is 0.163 e. The van der Waals surface area contributed by atoms with Gasteiger partial charge in [-0.2, -0.15) is 0 Å². The molecule has 3 aliphatic rings. The fourth-order valence-corrected chi connectivity index (χ4v) is 6.15. The van der Waals surface area contributed by atoms with Crippen molar-refractivity contribution in [1.82, 2.24) is 14.8 Å². The summed E-state index contributed by atoms with van der Waals surface area (Å²) in [5, 5.41) is 4.94. The van der Waals surface area contributed by atoms with E-state index in [4.69, 9.17) is 18.9 Å². The van der Waals surface area contributed by atoms with Crippen LogP contribution in [0, 0.1) is 0 Å². The van der Waals surface area contributed by atoms with E-state index in [1.54, 1.807) is 7.11 Å². The molecule has 1 N–H and O–H groups in total. The third-order valence-electron chi connectivity index (χ3n) is 8.63. The van der Waals surface area contributed by atoms with Gasteiger partial charge in [0.1, 0.15) is 11.5 Å². The molecule has 3 fully saturated rings. The molecule has 1 aromatic carbocycles. The van der Waals surface area contributed by atoms with Gasteiger partial charge >= 0.3 is 0 Å². The molecule has 0 atom stereocenters. The van der Waals surface area contributed by atoms with Crippen LogP contribution in [0.3, 0.4) is 0 Å². The van der Waals surface area contributed by atoms with Gasteiger partial charge in [0.05, 0.1) is 19.2 Å². The number of aryl methyl sites for hydroxylation is 1. The molecule has 3 aromatic rings. The van der Waals surface area contributed by atoms with Crippen LogP contribution in [0.1, 0.15) is 64.1 Å². The molecule has 4 heterocycles. The molecule has 39 heavy (non-hydrogen) atoms. The highest BCUT2D eigenvalue weighted by Crippen LogP contribution is 2.38. The fraction of sp³-hybridized carbons (Fsp3) is 0.594. The minimum absolute atomic E-state index is 0.443. The Kier molecular flexibility index (Phi) is 8.26. The maximum absolute atomic E-state index is 6.27. The minimum atomic E-state index is 0.443. The summed E-state index contributed by atoms with van der Waals surface area (Å²) in [6.45, 7) is 8.80. The summed E-state index contributed by atoms with van der Waals surface area (Å²) < 4.78 is 18.2. The van der Waals surface area contributed by atoms with Gasteiger partial charge in [-0.25, -0.2) is 4.98 Å². The zero-order valence-electron chi connectivity index (χ0n) is 23.7. The lowest BCUT2D eigenvalue weighted by Crippen LogP contribution is -2.40. The van der Waals surface area contributed by atoms with E-state index in [-0.39, 0.29) is 0 Å². The van der Waals surface area contributed by atoms with E-state index >= 15 is 0 Å². The summed E-state index contributed by atoms with van der Waals surface area (Å²) in [7, 11) is 1.72. The van der Waals surface area contributed by atoms with Crippen molar-refractivity contribution >= 4 is 16.6 Å². The van der Waals surface area contributed by atoms with E-state index in [0.717, 1.165) is 83.4 Å². The van der Waals surface area contributed by atoms with Gasteiger partial charge in [-0.3, -0.25) is 0 Å². The number of hydrogen-bond acceptors (Lipinski definition) is 7. The molecule has 2 aromatic heterocycles. The number of nitrogens with one attached hydrogen (secondary N) is 1. The van der Waals surface area contributed by atoms with Crippen molar-refractivity contribution in [3.63, 3.8) is 0 Å². The number of rotatable bonds is 12. The first-order chi connectivity index (χ1) is 19.2. The summed E-state index contributed by atoms with van der Waals surface area (Å²) in [4.78, 5) is 10.3. The topological polar surface area (TPSA) is 63.0 Å². The van der Waals surface area contributed by atoms with Gasteiger partial charge in [0.2, 0.25) is 0 Å². The van der Waals surface area contributed by atoms with Gasteiger partial charge < -0.3 is 29.0 Å². The molecule has 7 heteroatoms. The first-order valence-corrected chi connectivity index (χ1v) is 15.2. The van der Waals surface area contributed by atoms with Crippen LogP contribution in [0.2, 0.25) is 0 Å². The SMILES string of the molecule is CCc1ccc(-c2cc(NC3CCN(C4CC4)CC3)c3cc(OC)c(OCCCCN4CCCC4)cc3n2)o1. The van der Waals surface area contributed by atoms with Gasteiger partial charge in [0.25, 0.3) is 0 Å². The molecule has 0 amide bonds. The number of aromatic nitrogens is 1. The van der Waals surface area contributed by atoms with Crippen LogP contribution < -0.4 is 14.8 Å². The third-order valence-corrected chi connectivity index (χ3v) is 8.63. The van der Waals surface area contributed by atoms with Crippen LogP contribution in [0.5, 0.6) is 11.5 Å². The number of anilines is 1. The van der Waals surface area contributed by atoms with E-state index in [1.165, 1.54) is 58.4 Å². The second-order valence-corrected chi connectivity index (χ2v) is 11.5. The first kappa shape index (κ1) is 26.5. The zero-order valence-corrected chi connectivity index (χ0v) is 23.7. The van der Waals surface area contributed by atoms with E-state index in [9.17, 15) is 0 Å². The molecular weight excluding hydrogens is 488 g/mol.